The number of methoxy groups -OCH3 is 1. The molecule has 1 aliphatic heterocycles. The fourth-order valence-electron chi connectivity index (χ4n) is 4.11. The molecule has 3 aromatic heterocycles. The number of fused-ring (bicyclic) bond motifs is 1. The SMILES string of the molecule is COc1ccc(Nc2ncccc2C(=O)N2CCOCC(Cc3ccc4nccn4n3)C2)cc1. The number of anilines is 2. The average molecular weight is 459 g/mol. The molecule has 0 radical (unpaired) electrons. The first kappa shape index (κ1) is 21.8. The number of hydrogen-bond donors (Lipinski definition) is 1. The first-order valence-corrected chi connectivity index (χ1v) is 11.2. The Morgan fingerprint density at radius 1 is 1.15 bits per heavy atom. The summed E-state index contributed by atoms with van der Waals surface area (Å²) >= 11 is 0. The lowest BCUT2D eigenvalue weighted by Crippen LogP contribution is -2.37. The van der Waals surface area contributed by atoms with E-state index < -0.39 is 0 Å². The van der Waals surface area contributed by atoms with Crippen LogP contribution in [-0.2, 0) is 11.2 Å². The van der Waals surface area contributed by atoms with Crippen molar-refractivity contribution in [3.8, 4) is 5.75 Å². The summed E-state index contributed by atoms with van der Waals surface area (Å²) in [5.74, 6) is 1.35. The Bertz CT molecular complexity index is 1270. The van der Waals surface area contributed by atoms with Gasteiger partial charge in [-0.15, -0.1) is 0 Å². The van der Waals surface area contributed by atoms with Gasteiger partial charge in [-0.05, 0) is 55.0 Å². The minimum atomic E-state index is -0.0716. The fraction of sp³-hybridized carbons (Fsp3) is 0.280. The zero-order valence-corrected chi connectivity index (χ0v) is 18.9. The molecule has 9 heteroatoms. The molecule has 9 nitrogen and oxygen atoms in total. The van der Waals surface area contributed by atoms with Crippen LogP contribution >= 0.6 is 0 Å². The highest BCUT2D eigenvalue weighted by Gasteiger charge is 2.26. The maximum absolute atomic E-state index is 13.5. The third kappa shape index (κ3) is 4.84. The number of ether oxygens (including phenoxy) is 2. The third-order valence-electron chi connectivity index (χ3n) is 5.82. The molecule has 4 aromatic rings. The molecular weight excluding hydrogens is 432 g/mol. The van der Waals surface area contributed by atoms with E-state index in [9.17, 15) is 4.79 Å². The number of amides is 1. The lowest BCUT2D eigenvalue weighted by molar-refractivity contribution is 0.0738. The van der Waals surface area contributed by atoms with Crippen molar-refractivity contribution in [1.82, 2.24) is 24.5 Å². The lowest BCUT2D eigenvalue weighted by Gasteiger charge is -2.24. The molecule has 1 N–H and O–H groups in total. The normalized spacial score (nSPS) is 16.3. The van der Waals surface area contributed by atoms with E-state index in [2.05, 4.69) is 20.4 Å². The van der Waals surface area contributed by atoms with Gasteiger partial charge in [-0.1, -0.05) is 0 Å². The van der Waals surface area contributed by atoms with Crippen LogP contribution in [0.4, 0.5) is 11.5 Å². The van der Waals surface area contributed by atoms with Gasteiger partial charge in [0.1, 0.15) is 11.6 Å². The number of imidazole rings is 1. The molecule has 0 spiro atoms. The Kier molecular flexibility index (Phi) is 6.35. The molecule has 0 saturated carbocycles. The molecule has 1 aromatic carbocycles. The number of carbonyl (C=O) groups is 1. The Morgan fingerprint density at radius 3 is 2.88 bits per heavy atom. The minimum absolute atomic E-state index is 0.0716. The monoisotopic (exact) mass is 458 g/mol. The first-order chi connectivity index (χ1) is 16.7. The number of carbonyl (C=O) groups excluding carboxylic acids is 1. The summed E-state index contributed by atoms with van der Waals surface area (Å²) < 4.78 is 12.8. The van der Waals surface area contributed by atoms with Crippen molar-refractivity contribution in [1.29, 1.82) is 0 Å². The topological polar surface area (TPSA) is 93.9 Å². The van der Waals surface area contributed by atoms with Gasteiger partial charge in [0.25, 0.3) is 5.91 Å². The van der Waals surface area contributed by atoms with Gasteiger partial charge >= 0.3 is 0 Å². The van der Waals surface area contributed by atoms with Crippen LogP contribution in [-0.4, -0.2) is 63.8 Å². The van der Waals surface area contributed by atoms with Crippen molar-refractivity contribution >= 4 is 23.1 Å². The number of pyridine rings is 1. The van der Waals surface area contributed by atoms with Gasteiger partial charge in [0.15, 0.2) is 5.65 Å². The van der Waals surface area contributed by atoms with Crippen LogP contribution in [0.2, 0.25) is 0 Å². The predicted molar refractivity (Wildman–Crippen MR) is 127 cm³/mol. The molecule has 5 rings (SSSR count). The third-order valence-corrected chi connectivity index (χ3v) is 5.82. The number of aromatic nitrogens is 4. The van der Waals surface area contributed by atoms with Crippen LogP contribution < -0.4 is 10.1 Å². The summed E-state index contributed by atoms with van der Waals surface area (Å²) in [5, 5.41) is 7.89. The van der Waals surface area contributed by atoms with E-state index in [1.165, 1.54) is 0 Å². The fourth-order valence-corrected chi connectivity index (χ4v) is 4.11. The van der Waals surface area contributed by atoms with Gasteiger partial charge in [-0.25, -0.2) is 14.5 Å². The highest BCUT2D eigenvalue weighted by Crippen LogP contribution is 2.23. The van der Waals surface area contributed by atoms with Crippen LogP contribution in [0, 0.1) is 5.92 Å². The van der Waals surface area contributed by atoms with Gasteiger partial charge in [0.2, 0.25) is 0 Å². The van der Waals surface area contributed by atoms with Gasteiger partial charge in [-0.3, -0.25) is 4.79 Å². The van der Waals surface area contributed by atoms with Gasteiger partial charge in [0.05, 0.1) is 31.6 Å². The van der Waals surface area contributed by atoms with E-state index in [0.717, 1.165) is 22.8 Å². The summed E-state index contributed by atoms with van der Waals surface area (Å²) in [4.78, 5) is 24.1. The van der Waals surface area contributed by atoms with E-state index in [1.807, 2.05) is 47.5 Å². The minimum Gasteiger partial charge on any atom is -0.497 e. The highest BCUT2D eigenvalue weighted by atomic mass is 16.5. The van der Waals surface area contributed by atoms with E-state index >= 15 is 0 Å². The van der Waals surface area contributed by atoms with Gasteiger partial charge in [0, 0.05) is 43.3 Å². The Balaban J connectivity index is 1.32. The second kappa shape index (κ2) is 9.88. The van der Waals surface area contributed by atoms with Crippen molar-refractivity contribution in [2.45, 2.75) is 6.42 Å². The van der Waals surface area contributed by atoms with E-state index in [0.29, 0.717) is 44.1 Å². The molecular formula is C25H26N6O3. The molecule has 1 fully saturated rings. The van der Waals surface area contributed by atoms with Crippen LogP contribution in [0.15, 0.2) is 67.1 Å². The van der Waals surface area contributed by atoms with Crippen molar-refractivity contribution in [3.05, 3.63) is 78.4 Å². The Hall–Kier alpha value is -3.98. The van der Waals surface area contributed by atoms with Crippen LogP contribution in [0.1, 0.15) is 16.1 Å². The van der Waals surface area contributed by atoms with E-state index in [4.69, 9.17) is 9.47 Å². The van der Waals surface area contributed by atoms with Crippen LogP contribution in [0.25, 0.3) is 5.65 Å². The number of nitrogens with zero attached hydrogens (tertiary/aromatic N) is 5. The molecule has 34 heavy (non-hydrogen) atoms. The molecule has 1 unspecified atom stereocenters. The molecule has 4 heterocycles. The average Bonchev–Trinajstić information content (AvgIpc) is 3.21. The Labute approximate surface area is 197 Å². The summed E-state index contributed by atoms with van der Waals surface area (Å²) in [6, 6.07) is 15.0. The number of benzene rings is 1. The smallest absolute Gasteiger partial charge is 0.257 e. The summed E-state index contributed by atoms with van der Waals surface area (Å²) in [7, 11) is 1.63. The van der Waals surface area contributed by atoms with E-state index in [-0.39, 0.29) is 11.8 Å². The zero-order chi connectivity index (χ0) is 23.3. The standard InChI is InChI=1S/C25H26N6O3/c1-33-21-7-4-19(5-8-21)28-24-22(3-2-10-27-24)25(32)30-13-14-34-17-18(16-30)15-20-6-9-23-26-11-12-31(23)29-20/h2-12,18H,13-17H2,1H3,(H,27,28). The van der Waals surface area contributed by atoms with Gasteiger partial charge in [-0.2, -0.15) is 5.10 Å². The highest BCUT2D eigenvalue weighted by molar-refractivity contribution is 5.99. The number of rotatable bonds is 6. The molecule has 1 saturated heterocycles. The second-order valence-electron chi connectivity index (χ2n) is 8.20. The maximum Gasteiger partial charge on any atom is 0.257 e. The molecule has 1 aliphatic rings. The first-order valence-electron chi connectivity index (χ1n) is 11.2. The Morgan fingerprint density at radius 2 is 2.03 bits per heavy atom. The summed E-state index contributed by atoms with van der Waals surface area (Å²) in [5.41, 5.74) is 3.10. The van der Waals surface area contributed by atoms with Crippen LogP contribution in [0.5, 0.6) is 5.75 Å². The maximum atomic E-state index is 13.5. The number of nitrogens with one attached hydrogen (secondary N) is 1. The predicted octanol–water partition coefficient (Wildman–Crippen LogP) is 3.21. The van der Waals surface area contributed by atoms with Crippen LogP contribution in [0.3, 0.4) is 0 Å². The summed E-state index contributed by atoms with van der Waals surface area (Å²) in [6.45, 7) is 2.19. The van der Waals surface area contributed by atoms with Crippen molar-refractivity contribution in [2.75, 3.05) is 38.7 Å². The van der Waals surface area contributed by atoms with Crippen molar-refractivity contribution < 1.29 is 14.3 Å². The van der Waals surface area contributed by atoms with Crippen molar-refractivity contribution in [3.63, 3.8) is 0 Å². The summed E-state index contributed by atoms with van der Waals surface area (Å²) in [6.07, 6.45) is 5.95. The molecule has 1 amide bonds. The van der Waals surface area contributed by atoms with Gasteiger partial charge < -0.3 is 19.7 Å². The van der Waals surface area contributed by atoms with Crippen molar-refractivity contribution in [2.24, 2.45) is 5.92 Å². The number of hydrogen-bond acceptors (Lipinski definition) is 7. The molecule has 1 atom stereocenters. The molecule has 0 bridgehead atoms. The largest absolute Gasteiger partial charge is 0.497 e. The quantitative estimate of drug-likeness (QED) is 0.474. The van der Waals surface area contributed by atoms with E-state index in [1.54, 1.807) is 36.2 Å². The molecule has 0 aliphatic carbocycles. The molecule has 174 valence electrons. The zero-order valence-electron chi connectivity index (χ0n) is 18.9. The lowest BCUT2D eigenvalue weighted by atomic mass is 10.0. The second-order valence-corrected chi connectivity index (χ2v) is 8.20.